The van der Waals surface area contributed by atoms with Crippen LogP contribution in [0.5, 0.6) is 0 Å². The first-order valence-corrected chi connectivity index (χ1v) is 6.52. The maximum absolute atomic E-state index is 3.50. The van der Waals surface area contributed by atoms with Crippen LogP contribution in [0.25, 0.3) is 10.9 Å². The molecule has 1 aromatic carbocycles. The molecule has 3 heteroatoms. The van der Waals surface area contributed by atoms with Crippen molar-refractivity contribution >= 4 is 23.3 Å². The van der Waals surface area contributed by atoms with Gasteiger partial charge in [0.05, 0.1) is 0 Å². The summed E-state index contributed by atoms with van der Waals surface area (Å²) in [6, 6.07) is 9.21. The number of para-hydroxylation sites is 1. The van der Waals surface area contributed by atoms with Gasteiger partial charge in [-0.1, -0.05) is 39.0 Å². The molecule has 0 unspecified atom stereocenters. The predicted octanol–water partition coefficient (Wildman–Crippen LogP) is 3.97. The lowest BCUT2D eigenvalue weighted by Crippen LogP contribution is -2.21. The fraction of sp³-hybridized carbons (Fsp3) is 0.467. The van der Waals surface area contributed by atoms with Gasteiger partial charge in [-0.2, -0.15) is 0 Å². The molecule has 1 aromatic heterocycles. The number of nitrogens with zero attached hydrogens (tertiary/aromatic N) is 1. The van der Waals surface area contributed by atoms with Crippen LogP contribution < -0.4 is 5.32 Å². The molecule has 0 saturated carbocycles. The maximum atomic E-state index is 3.50. The van der Waals surface area contributed by atoms with Crippen LogP contribution in [0.4, 0.5) is 0 Å². The second kappa shape index (κ2) is 6.81. The SMILES string of the molecule is CCCn1cc(CNC(C)C)c2ccccc21.Cl. The number of nitrogens with one attached hydrogen (secondary N) is 1. The van der Waals surface area contributed by atoms with Gasteiger partial charge in [0.2, 0.25) is 0 Å². The minimum absolute atomic E-state index is 0. The molecule has 0 spiro atoms. The number of hydrogen-bond donors (Lipinski definition) is 1. The Hall–Kier alpha value is -0.990. The van der Waals surface area contributed by atoms with E-state index in [-0.39, 0.29) is 12.4 Å². The number of halogens is 1. The molecule has 0 fully saturated rings. The third-order valence-electron chi connectivity index (χ3n) is 3.04. The van der Waals surface area contributed by atoms with Crippen LogP contribution in [-0.2, 0) is 13.1 Å². The van der Waals surface area contributed by atoms with E-state index >= 15 is 0 Å². The molecule has 0 saturated heterocycles. The van der Waals surface area contributed by atoms with Gasteiger partial charge in [-0.3, -0.25) is 0 Å². The Morgan fingerprint density at radius 1 is 1.22 bits per heavy atom. The highest BCUT2D eigenvalue weighted by Gasteiger charge is 2.07. The molecule has 0 bridgehead atoms. The number of rotatable bonds is 5. The molecule has 2 nitrogen and oxygen atoms in total. The van der Waals surface area contributed by atoms with E-state index in [2.05, 4.69) is 61.1 Å². The Morgan fingerprint density at radius 3 is 2.61 bits per heavy atom. The molecule has 0 aliphatic rings. The molecule has 0 radical (unpaired) electrons. The zero-order chi connectivity index (χ0) is 12.3. The minimum Gasteiger partial charge on any atom is -0.347 e. The average Bonchev–Trinajstić information content (AvgIpc) is 2.66. The zero-order valence-electron chi connectivity index (χ0n) is 11.4. The average molecular weight is 267 g/mol. The molecular weight excluding hydrogens is 244 g/mol. The van der Waals surface area contributed by atoms with Crippen molar-refractivity contribution in [3.05, 3.63) is 36.0 Å². The quantitative estimate of drug-likeness (QED) is 0.867. The molecule has 0 aliphatic heterocycles. The summed E-state index contributed by atoms with van der Waals surface area (Å²) >= 11 is 0. The summed E-state index contributed by atoms with van der Waals surface area (Å²) in [7, 11) is 0. The molecule has 18 heavy (non-hydrogen) atoms. The van der Waals surface area contributed by atoms with Crippen molar-refractivity contribution in [1.82, 2.24) is 9.88 Å². The Kier molecular flexibility index (Phi) is 5.70. The second-order valence-corrected chi connectivity index (χ2v) is 4.90. The number of aryl methyl sites for hydroxylation is 1. The normalized spacial score (nSPS) is 10.9. The van der Waals surface area contributed by atoms with Crippen LogP contribution in [0, 0.1) is 0 Å². The standard InChI is InChI=1S/C15H22N2.ClH/c1-4-9-17-11-13(10-16-12(2)3)14-7-5-6-8-15(14)17;/h5-8,11-12,16H,4,9-10H2,1-3H3;1H. The summed E-state index contributed by atoms with van der Waals surface area (Å²) in [6.07, 6.45) is 3.47. The van der Waals surface area contributed by atoms with Crippen molar-refractivity contribution in [2.45, 2.75) is 46.3 Å². The summed E-state index contributed by atoms with van der Waals surface area (Å²) < 4.78 is 2.37. The predicted molar refractivity (Wildman–Crippen MR) is 81.5 cm³/mol. The van der Waals surface area contributed by atoms with Crippen LogP contribution in [0.2, 0.25) is 0 Å². The van der Waals surface area contributed by atoms with E-state index in [1.165, 1.54) is 22.9 Å². The first-order valence-electron chi connectivity index (χ1n) is 6.52. The highest BCUT2D eigenvalue weighted by atomic mass is 35.5. The molecule has 1 heterocycles. The maximum Gasteiger partial charge on any atom is 0.0483 e. The lowest BCUT2D eigenvalue weighted by molar-refractivity contribution is 0.588. The summed E-state index contributed by atoms with van der Waals surface area (Å²) in [4.78, 5) is 0. The summed E-state index contributed by atoms with van der Waals surface area (Å²) in [6.45, 7) is 8.65. The van der Waals surface area contributed by atoms with Gasteiger partial charge < -0.3 is 9.88 Å². The molecule has 0 amide bonds. The Morgan fingerprint density at radius 2 is 1.94 bits per heavy atom. The van der Waals surface area contributed by atoms with Crippen molar-refractivity contribution in [2.75, 3.05) is 0 Å². The molecule has 2 rings (SSSR count). The third kappa shape index (κ3) is 3.27. The van der Waals surface area contributed by atoms with E-state index < -0.39 is 0 Å². The van der Waals surface area contributed by atoms with Crippen molar-refractivity contribution in [2.24, 2.45) is 0 Å². The van der Waals surface area contributed by atoms with Crippen molar-refractivity contribution in [3.8, 4) is 0 Å². The van der Waals surface area contributed by atoms with Crippen LogP contribution in [0.3, 0.4) is 0 Å². The summed E-state index contributed by atoms with van der Waals surface area (Å²) in [5.41, 5.74) is 2.76. The largest absolute Gasteiger partial charge is 0.347 e. The number of fused-ring (bicyclic) bond motifs is 1. The minimum atomic E-state index is 0. The Labute approximate surface area is 116 Å². The van der Waals surface area contributed by atoms with Gasteiger partial charge in [0.1, 0.15) is 0 Å². The Balaban J connectivity index is 0.00000162. The van der Waals surface area contributed by atoms with E-state index in [1.54, 1.807) is 0 Å². The van der Waals surface area contributed by atoms with Crippen molar-refractivity contribution < 1.29 is 0 Å². The highest BCUT2D eigenvalue weighted by Crippen LogP contribution is 2.21. The number of aromatic nitrogens is 1. The van der Waals surface area contributed by atoms with Crippen LogP contribution >= 0.6 is 12.4 Å². The highest BCUT2D eigenvalue weighted by molar-refractivity contribution is 5.85. The lowest BCUT2D eigenvalue weighted by Gasteiger charge is -2.06. The fourth-order valence-electron chi connectivity index (χ4n) is 2.20. The van der Waals surface area contributed by atoms with Crippen molar-refractivity contribution in [1.29, 1.82) is 0 Å². The van der Waals surface area contributed by atoms with E-state index in [9.17, 15) is 0 Å². The topological polar surface area (TPSA) is 17.0 Å². The first-order chi connectivity index (χ1) is 8.22. The van der Waals surface area contributed by atoms with Gasteiger partial charge in [-0.15, -0.1) is 12.4 Å². The summed E-state index contributed by atoms with van der Waals surface area (Å²) in [5, 5.41) is 4.88. The molecule has 0 aliphatic carbocycles. The Bertz CT molecular complexity index is 488. The smallest absolute Gasteiger partial charge is 0.0483 e. The van der Waals surface area contributed by atoms with Gasteiger partial charge >= 0.3 is 0 Å². The first kappa shape index (κ1) is 15.1. The van der Waals surface area contributed by atoms with Crippen molar-refractivity contribution in [3.63, 3.8) is 0 Å². The van der Waals surface area contributed by atoms with E-state index in [1.807, 2.05) is 0 Å². The van der Waals surface area contributed by atoms with Gasteiger partial charge in [0.15, 0.2) is 0 Å². The molecule has 1 N–H and O–H groups in total. The van der Waals surface area contributed by atoms with Gasteiger partial charge in [-0.05, 0) is 18.1 Å². The number of hydrogen-bond acceptors (Lipinski definition) is 1. The molecular formula is C15H23ClN2. The van der Waals surface area contributed by atoms with Crippen LogP contribution in [0.1, 0.15) is 32.8 Å². The zero-order valence-corrected chi connectivity index (χ0v) is 12.3. The van der Waals surface area contributed by atoms with E-state index in [4.69, 9.17) is 0 Å². The monoisotopic (exact) mass is 266 g/mol. The van der Waals surface area contributed by atoms with E-state index in [0.717, 1.165) is 13.1 Å². The fourth-order valence-corrected chi connectivity index (χ4v) is 2.20. The number of benzene rings is 1. The third-order valence-corrected chi connectivity index (χ3v) is 3.04. The van der Waals surface area contributed by atoms with Gasteiger partial charge in [0, 0.05) is 36.2 Å². The van der Waals surface area contributed by atoms with Crippen LogP contribution in [-0.4, -0.2) is 10.6 Å². The lowest BCUT2D eigenvalue weighted by atomic mass is 10.2. The van der Waals surface area contributed by atoms with Gasteiger partial charge in [0.25, 0.3) is 0 Å². The van der Waals surface area contributed by atoms with Gasteiger partial charge in [-0.25, -0.2) is 0 Å². The van der Waals surface area contributed by atoms with Crippen LogP contribution in [0.15, 0.2) is 30.5 Å². The molecule has 100 valence electrons. The molecule has 2 aromatic rings. The second-order valence-electron chi connectivity index (χ2n) is 4.90. The van der Waals surface area contributed by atoms with E-state index in [0.29, 0.717) is 6.04 Å². The molecule has 0 atom stereocenters. The summed E-state index contributed by atoms with van der Waals surface area (Å²) in [5.74, 6) is 0.